The number of halogens is 7. The number of aromatic amines is 1. The van der Waals surface area contributed by atoms with Gasteiger partial charge in [0.2, 0.25) is 11.8 Å². The van der Waals surface area contributed by atoms with Crippen LogP contribution in [-0.4, -0.2) is 62.2 Å². The van der Waals surface area contributed by atoms with Crippen LogP contribution < -0.4 is 10.2 Å². The van der Waals surface area contributed by atoms with E-state index in [-0.39, 0.29) is 49.2 Å². The molecule has 2 aliphatic rings. The molecule has 1 aliphatic carbocycles. The molecule has 1 saturated carbocycles. The summed E-state index contributed by atoms with van der Waals surface area (Å²) in [4.78, 5) is 27.4. The SMILES string of the molecule is Cc1[nH]ncc1C(C(=O)NC1CCC(F)(F)CC1)N(C(=O)C1CC(C)(O)CN1C#N)c1ccc(S(F)(F)(F)(F)F)cc1. The molecule has 3 N–H and O–H groups in total. The van der Waals surface area contributed by atoms with Crippen molar-refractivity contribution in [2.45, 2.75) is 80.5 Å². The molecule has 1 saturated heterocycles. The van der Waals surface area contributed by atoms with E-state index in [4.69, 9.17) is 0 Å². The molecule has 2 aromatic rings. The number of carbonyl (C=O) groups excluding carboxylic acids is 2. The van der Waals surface area contributed by atoms with Crippen LogP contribution >= 0.6 is 10.2 Å². The summed E-state index contributed by atoms with van der Waals surface area (Å²) < 4.78 is 94.8. The van der Waals surface area contributed by atoms with Crippen molar-refractivity contribution in [3.8, 4) is 6.19 Å². The zero-order valence-electron chi connectivity index (χ0n) is 22.5. The molecule has 1 aliphatic heterocycles. The Kier molecular flexibility index (Phi) is 7.30. The van der Waals surface area contributed by atoms with Crippen LogP contribution in [0.1, 0.15) is 56.3 Å². The molecule has 9 nitrogen and oxygen atoms in total. The van der Waals surface area contributed by atoms with Crippen molar-refractivity contribution in [3.63, 3.8) is 0 Å². The van der Waals surface area contributed by atoms with E-state index in [2.05, 4.69) is 15.5 Å². The molecule has 0 bridgehead atoms. The Morgan fingerprint density at radius 1 is 1.19 bits per heavy atom. The summed E-state index contributed by atoms with van der Waals surface area (Å²) in [6.45, 7) is 2.59. The first-order valence-corrected chi connectivity index (χ1v) is 14.8. The second-order valence-electron chi connectivity index (χ2n) is 11.1. The first kappa shape index (κ1) is 31.4. The van der Waals surface area contributed by atoms with Crippen LogP contribution in [0.4, 0.5) is 33.9 Å². The van der Waals surface area contributed by atoms with Crippen LogP contribution in [-0.2, 0) is 9.59 Å². The summed E-state index contributed by atoms with van der Waals surface area (Å²) in [6.07, 6.45) is 1.49. The minimum Gasteiger partial charge on any atom is -0.388 e. The zero-order chi connectivity index (χ0) is 31.4. The van der Waals surface area contributed by atoms with E-state index in [1.165, 1.54) is 20.0 Å². The lowest BCUT2D eigenvalue weighted by Crippen LogP contribution is -2.52. The molecule has 2 heterocycles. The number of amides is 2. The van der Waals surface area contributed by atoms with Crippen molar-refractivity contribution in [2.75, 3.05) is 11.4 Å². The molecule has 2 amide bonds. The summed E-state index contributed by atoms with van der Waals surface area (Å²) in [5, 5.41) is 29.3. The molecule has 0 spiro atoms. The molecule has 17 heteroatoms. The van der Waals surface area contributed by atoms with Gasteiger partial charge in [0.15, 0.2) is 6.19 Å². The first-order chi connectivity index (χ1) is 19.1. The zero-order valence-corrected chi connectivity index (χ0v) is 23.3. The van der Waals surface area contributed by atoms with Gasteiger partial charge in [-0.1, -0.05) is 19.4 Å². The minimum atomic E-state index is -10.1. The quantitative estimate of drug-likeness (QED) is 0.277. The van der Waals surface area contributed by atoms with E-state index in [1.807, 2.05) is 0 Å². The molecule has 1 aromatic heterocycles. The first-order valence-electron chi connectivity index (χ1n) is 12.8. The van der Waals surface area contributed by atoms with E-state index >= 15 is 0 Å². The third kappa shape index (κ3) is 6.75. The van der Waals surface area contributed by atoms with Gasteiger partial charge in [0.25, 0.3) is 5.91 Å². The number of carbonyl (C=O) groups is 2. The minimum absolute atomic E-state index is 0.0760. The molecular weight excluding hydrogens is 597 g/mol. The lowest BCUT2D eigenvalue weighted by Gasteiger charge is -2.41. The van der Waals surface area contributed by atoms with E-state index < -0.39 is 75.1 Å². The molecule has 2 fully saturated rings. The van der Waals surface area contributed by atoms with Crippen molar-refractivity contribution in [2.24, 2.45) is 0 Å². The Hall–Kier alpha value is -3.52. The maximum absolute atomic E-state index is 14.1. The summed E-state index contributed by atoms with van der Waals surface area (Å²) in [6, 6.07) is -2.39. The molecule has 4 rings (SSSR count). The van der Waals surface area contributed by atoms with Gasteiger partial charge in [-0.05, 0) is 51.0 Å². The number of anilines is 1. The van der Waals surface area contributed by atoms with Crippen LogP contribution in [0.2, 0.25) is 0 Å². The molecular formula is C25H29F7N6O3S. The second kappa shape index (κ2) is 9.76. The number of aliphatic hydroxyl groups is 1. The summed E-state index contributed by atoms with van der Waals surface area (Å²) >= 11 is 0. The van der Waals surface area contributed by atoms with Crippen molar-refractivity contribution < 1.29 is 42.9 Å². The Morgan fingerprint density at radius 3 is 2.29 bits per heavy atom. The number of benzene rings is 1. The Balaban J connectivity index is 1.82. The number of rotatable bonds is 7. The standard InChI is InChI=1S/C25H29F7N6O3S/c1-15-19(12-34-36-15)21(22(39)35-16-7-9-25(26,27)10-8-16)38(23(40)20-11-24(2,41)13-37(20)14-33)17-3-5-18(6-4-17)42(28,29,30,31)32/h3-6,12,16,20-21,41H,7-11,13H2,1-2H3,(H,34,36)(H,35,39). The number of H-pyrrole nitrogens is 1. The van der Waals surface area contributed by atoms with E-state index in [0.717, 1.165) is 9.80 Å². The molecule has 1 aromatic carbocycles. The van der Waals surface area contributed by atoms with Crippen LogP contribution in [0.3, 0.4) is 0 Å². The smallest absolute Gasteiger partial charge is 0.310 e. The maximum atomic E-state index is 14.1. The van der Waals surface area contributed by atoms with Crippen molar-refractivity contribution in [1.29, 1.82) is 5.26 Å². The highest BCUT2D eigenvalue weighted by molar-refractivity contribution is 8.45. The highest BCUT2D eigenvalue weighted by Gasteiger charge is 2.65. The monoisotopic (exact) mass is 626 g/mol. The topological polar surface area (TPSA) is 125 Å². The molecule has 3 unspecified atom stereocenters. The summed E-state index contributed by atoms with van der Waals surface area (Å²) in [7, 11) is -10.1. The van der Waals surface area contributed by atoms with Crippen molar-refractivity contribution in [1.82, 2.24) is 20.4 Å². The average molecular weight is 627 g/mol. The van der Waals surface area contributed by atoms with Gasteiger partial charge in [0, 0.05) is 42.2 Å². The maximum Gasteiger partial charge on any atom is 0.310 e. The average Bonchev–Trinajstić information content (AvgIpc) is 3.43. The molecule has 42 heavy (non-hydrogen) atoms. The van der Waals surface area contributed by atoms with Crippen molar-refractivity contribution >= 4 is 27.7 Å². The normalized spacial score (nSPS) is 25.2. The Bertz CT molecular complexity index is 1400. The third-order valence-corrected chi connectivity index (χ3v) is 8.63. The largest absolute Gasteiger partial charge is 0.388 e. The highest BCUT2D eigenvalue weighted by Crippen LogP contribution is 3.02. The van der Waals surface area contributed by atoms with Gasteiger partial charge in [0.05, 0.1) is 18.3 Å². The van der Waals surface area contributed by atoms with Gasteiger partial charge < -0.3 is 10.4 Å². The number of nitriles is 1. The number of β-amino-alcohol motifs (C(OH)–C–C–N with tert-alkyl or cyclic N) is 1. The number of aromatic nitrogens is 2. The van der Waals surface area contributed by atoms with Gasteiger partial charge in [0.1, 0.15) is 17.0 Å². The van der Waals surface area contributed by atoms with E-state index in [0.29, 0.717) is 12.1 Å². The van der Waals surface area contributed by atoms with Crippen LogP contribution in [0.25, 0.3) is 0 Å². The second-order valence-corrected chi connectivity index (χ2v) is 13.5. The summed E-state index contributed by atoms with van der Waals surface area (Å²) in [5.74, 6) is -4.80. The van der Waals surface area contributed by atoms with E-state index in [9.17, 15) is 48.2 Å². The van der Waals surface area contributed by atoms with Gasteiger partial charge in [-0.15, -0.1) is 0 Å². The molecule has 232 valence electrons. The molecule has 3 atom stereocenters. The van der Waals surface area contributed by atoms with Gasteiger partial charge in [-0.2, -0.15) is 10.4 Å². The van der Waals surface area contributed by atoms with Crippen LogP contribution in [0.15, 0.2) is 35.4 Å². The lowest BCUT2D eigenvalue weighted by molar-refractivity contribution is -0.129. The predicted molar refractivity (Wildman–Crippen MR) is 138 cm³/mol. The van der Waals surface area contributed by atoms with Crippen LogP contribution in [0.5, 0.6) is 0 Å². The fourth-order valence-electron chi connectivity index (χ4n) is 5.32. The van der Waals surface area contributed by atoms with Gasteiger partial charge in [-0.25, -0.2) is 8.78 Å². The third-order valence-electron chi connectivity index (χ3n) is 7.47. The number of nitrogens with zero attached hydrogens (tertiary/aromatic N) is 4. The highest BCUT2D eigenvalue weighted by atomic mass is 32.5. The van der Waals surface area contributed by atoms with Gasteiger partial charge >= 0.3 is 10.2 Å². The molecule has 0 radical (unpaired) electrons. The predicted octanol–water partition coefficient (Wildman–Crippen LogP) is 5.45. The number of likely N-dealkylation sites (tertiary alicyclic amines) is 1. The van der Waals surface area contributed by atoms with Gasteiger partial charge in [-0.3, -0.25) is 24.5 Å². The van der Waals surface area contributed by atoms with Crippen molar-refractivity contribution in [3.05, 3.63) is 41.7 Å². The number of nitrogens with one attached hydrogen (secondary N) is 2. The van der Waals surface area contributed by atoms with Crippen LogP contribution in [0, 0.1) is 18.4 Å². The number of hydrogen-bond acceptors (Lipinski definition) is 6. The summed E-state index contributed by atoms with van der Waals surface area (Å²) in [5.41, 5.74) is -1.58. The lowest BCUT2D eigenvalue weighted by atomic mass is 9.91. The Morgan fingerprint density at radius 2 is 1.79 bits per heavy atom. The number of hydrogen-bond donors (Lipinski definition) is 3. The fourth-order valence-corrected chi connectivity index (χ4v) is 5.97. The fraction of sp³-hybridized carbons (Fsp3) is 0.520. The van der Waals surface area contributed by atoms with E-state index in [1.54, 1.807) is 6.19 Å². The number of aryl methyl sites for hydroxylation is 1. The number of alkyl halides is 2. The Labute approximate surface area is 236 Å².